The predicted molar refractivity (Wildman–Crippen MR) is 97.9 cm³/mol. The first kappa shape index (κ1) is 15.6. The van der Waals surface area contributed by atoms with Gasteiger partial charge in [-0.25, -0.2) is 4.79 Å². The average molecular weight is 359 g/mol. The number of nitrogens with zero attached hydrogens (tertiary/aromatic N) is 1. The summed E-state index contributed by atoms with van der Waals surface area (Å²) in [5, 5.41) is 1.17. The van der Waals surface area contributed by atoms with E-state index in [1.165, 1.54) is 27.8 Å². The van der Waals surface area contributed by atoms with Crippen LogP contribution in [0.25, 0.3) is 19.5 Å². The maximum atomic E-state index is 12.3. The molecular formula is C18H17NO3S2. The van der Waals surface area contributed by atoms with E-state index < -0.39 is 5.97 Å². The van der Waals surface area contributed by atoms with Crippen molar-refractivity contribution in [2.45, 2.75) is 19.3 Å². The molecule has 0 radical (unpaired) electrons. The van der Waals surface area contributed by atoms with Gasteiger partial charge in [-0.1, -0.05) is 18.2 Å². The number of likely N-dealkylation sites (tertiary alicyclic amines) is 1. The Morgan fingerprint density at radius 3 is 2.67 bits per heavy atom. The van der Waals surface area contributed by atoms with Gasteiger partial charge in [0.25, 0.3) is 5.91 Å². The van der Waals surface area contributed by atoms with E-state index in [0.717, 1.165) is 35.3 Å². The number of benzene rings is 1. The van der Waals surface area contributed by atoms with Crippen molar-refractivity contribution in [3.8, 4) is 0 Å². The number of hydrogen-bond acceptors (Lipinski definition) is 5. The third-order valence-corrected chi connectivity index (χ3v) is 6.68. The van der Waals surface area contributed by atoms with Gasteiger partial charge in [0.1, 0.15) is 4.88 Å². The minimum absolute atomic E-state index is 0.0909. The molecule has 4 rings (SSSR count). The molecule has 1 aliphatic rings. The van der Waals surface area contributed by atoms with Gasteiger partial charge in [0.2, 0.25) is 0 Å². The standard InChI is InChI=1S/C18H17NO3S2/c20-16(19-8-4-1-5-9-19)11-22-18(21)15-10-14-17(24-15)12-6-2-3-7-13(12)23-14/h2-3,6-7,10H,1,4-5,8-9,11H2. The molecular weight excluding hydrogens is 342 g/mol. The highest BCUT2D eigenvalue weighted by Gasteiger charge is 2.20. The van der Waals surface area contributed by atoms with Gasteiger partial charge in [-0.05, 0) is 31.4 Å². The number of fused-ring (bicyclic) bond motifs is 3. The molecule has 3 aromatic rings. The van der Waals surface area contributed by atoms with Crippen LogP contribution in [0.1, 0.15) is 28.9 Å². The van der Waals surface area contributed by atoms with Crippen molar-refractivity contribution in [3.63, 3.8) is 0 Å². The Bertz CT molecular complexity index is 905. The van der Waals surface area contributed by atoms with Gasteiger partial charge in [-0.15, -0.1) is 22.7 Å². The fraction of sp³-hybridized carbons (Fsp3) is 0.333. The van der Waals surface area contributed by atoms with Crippen LogP contribution in [0.15, 0.2) is 30.3 Å². The van der Waals surface area contributed by atoms with Gasteiger partial charge in [-0.2, -0.15) is 0 Å². The number of ether oxygens (including phenoxy) is 1. The Morgan fingerprint density at radius 2 is 1.83 bits per heavy atom. The monoisotopic (exact) mass is 359 g/mol. The van der Waals surface area contributed by atoms with Crippen molar-refractivity contribution in [1.29, 1.82) is 0 Å². The molecule has 1 amide bonds. The Labute approximate surface area is 147 Å². The molecule has 0 unspecified atom stereocenters. The molecule has 1 aliphatic heterocycles. The molecule has 0 aliphatic carbocycles. The number of amides is 1. The lowest BCUT2D eigenvalue weighted by Gasteiger charge is -2.26. The lowest BCUT2D eigenvalue weighted by atomic mass is 10.1. The van der Waals surface area contributed by atoms with E-state index in [1.54, 1.807) is 16.2 Å². The van der Waals surface area contributed by atoms with Crippen LogP contribution in [0.4, 0.5) is 0 Å². The second-order valence-electron chi connectivity index (χ2n) is 5.92. The summed E-state index contributed by atoms with van der Waals surface area (Å²) in [6, 6.07) is 10.0. The minimum atomic E-state index is -0.405. The molecule has 0 saturated carbocycles. The summed E-state index contributed by atoms with van der Waals surface area (Å²) in [4.78, 5) is 26.7. The van der Waals surface area contributed by atoms with E-state index in [-0.39, 0.29) is 12.5 Å². The van der Waals surface area contributed by atoms with Crippen LogP contribution < -0.4 is 0 Å². The third kappa shape index (κ3) is 2.91. The fourth-order valence-electron chi connectivity index (χ4n) is 3.03. The third-order valence-electron chi connectivity index (χ3n) is 4.29. The summed E-state index contributed by atoms with van der Waals surface area (Å²) in [6.45, 7) is 1.39. The van der Waals surface area contributed by atoms with E-state index in [1.807, 2.05) is 18.2 Å². The van der Waals surface area contributed by atoms with Crippen LogP contribution in [-0.4, -0.2) is 36.5 Å². The first-order valence-corrected chi connectivity index (χ1v) is 9.71. The zero-order chi connectivity index (χ0) is 16.5. The zero-order valence-electron chi connectivity index (χ0n) is 13.1. The van der Waals surface area contributed by atoms with Crippen LogP contribution in [0, 0.1) is 0 Å². The van der Waals surface area contributed by atoms with Crippen molar-refractivity contribution in [2.24, 2.45) is 0 Å². The largest absolute Gasteiger partial charge is 0.451 e. The maximum absolute atomic E-state index is 12.3. The van der Waals surface area contributed by atoms with Crippen molar-refractivity contribution >= 4 is 54.0 Å². The van der Waals surface area contributed by atoms with Crippen LogP contribution in [-0.2, 0) is 9.53 Å². The lowest BCUT2D eigenvalue weighted by molar-refractivity contribution is -0.135. The molecule has 124 valence electrons. The van der Waals surface area contributed by atoms with Gasteiger partial charge in [0.15, 0.2) is 6.61 Å². The summed E-state index contributed by atoms with van der Waals surface area (Å²) >= 11 is 3.11. The Kier molecular flexibility index (Phi) is 4.24. The van der Waals surface area contributed by atoms with Crippen molar-refractivity contribution < 1.29 is 14.3 Å². The Balaban J connectivity index is 1.46. The van der Waals surface area contributed by atoms with E-state index in [2.05, 4.69) is 12.1 Å². The van der Waals surface area contributed by atoms with E-state index in [4.69, 9.17) is 4.74 Å². The molecule has 24 heavy (non-hydrogen) atoms. The number of carbonyl (C=O) groups excluding carboxylic acids is 2. The van der Waals surface area contributed by atoms with Gasteiger partial charge < -0.3 is 9.64 Å². The molecule has 3 heterocycles. The predicted octanol–water partition coefficient (Wildman–Crippen LogP) is 4.29. The molecule has 0 N–H and O–H groups in total. The zero-order valence-corrected chi connectivity index (χ0v) is 14.8. The number of carbonyl (C=O) groups is 2. The van der Waals surface area contributed by atoms with Crippen LogP contribution >= 0.6 is 22.7 Å². The number of piperidine rings is 1. The van der Waals surface area contributed by atoms with E-state index in [9.17, 15) is 9.59 Å². The summed E-state index contributed by atoms with van der Waals surface area (Å²) in [6.07, 6.45) is 3.24. The molecule has 0 bridgehead atoms. The van der Waals surface area contributed by atoms with Crippen LogP contribution in [0.3, 0.4) is 0 Å². The van der Waals surface area contributed by atoms with E-state index in [0.29, 0.717) is 4.88 Å². The molecule has 1 fully saturated rings. The second kappa shape index (κ2) is 6.53. The highest BCUT2D eigenvalue weighted by atomic mass is 32.1. The Hall–Kier alpha value is -1.92. The molecule has 0 spiro atoms. The second-order valence-corrected chi connectivity index (χ2v) is 8.06. The maximum Gasteiger partial charge on any atom is 0.348 e. The fourth-order valence-corrected chi connectivity index (χ4v) is 5.45. The first-order valence-electron chi connectivity index (χ1n) is 8.08. The molecule has 6 heteroatoms. The van der Waals surface area contributed by atoms with Gasteiger partial charge >= 0.3 is 5.97 Å². The highest BCUT2D eigenvalue weighted by molar-refractivity contribution is 7.33. The first-order chi connectivity index (χ1) is 11.7. The van der Waals surface area contributed by atoms with Gasteiger partial charge in [0.05, 0.1) is 4.70 Å². The minimum Gasteiger partial charge on any atom is -0.451 e. The van der Waals surface area contributed by atoms with Gasteiger partial charge in [-0.3, -0.25) is 4.79 Å². The van der Waals surface area contributed by atoms with Crippen LogP contribution in [0.5, 0.6) is 0 Å². The Morgan fingerprint density at radius 1 is 1.04 bits per heavy atom. The summed E-state index contributed by atoms with van der Waals surface area (Å²) < 4.78 is 8.67. The van der Waals surface area contributed by atoms with Crippen molar-refractivity contribution in [2.75, 3.05) is 19.7 Å². The van der Waals surface area contributed by atoms with Crippen LogP contribution in [0.2, 0.25) is 0 Å². The number of thiophene rings is 2. The topological polar surface area (TPSA) is 46.6 Å². The number of hydrogen-bond donors (Lipinski definition) is 0. The molecule has 4 nitrogen and oxygen atoms in total. The molecule has 1 aromatic carbocycles. The number of esters is 1. The van der Waals surface area contributed by atoms with Crippen molar-refractivity contribution in [1.82, 2.24) is 4.90 Å². The normalized spacial score (nSPS) is 15.1. The lowest BCUT2D eigenvalue weighted by Crippen LogP contribution is -2.38. The van der Waals surface area contributed by atoms with Crippen molar-refractivity contribution in [3.05, 3.63) is 35.2 Å². The smallest absolute Gasteiger partial charge is 0.348 e. The quantitative estimate of drug-likeness (QED) is 0.656. The summed E-state index contributed by atoms with van der Waals surface area (Å²) in [7, 11) is 0. The molecule has 0 atom stereocenters. The van der Waals surface area contributed by atoms with E-state index >= 15 is 0 Å². The highest BCUT2D eigenvalue weighted by Crippen LogP contribution is 2.39. The average Bonchev–Trinajstić information content (AvgIpc) is 3.18. The molecule has 2 aromatic heterocycles. The summed E-state index contributed by atoms with van der Waals surface area (Å²) in [5.41, 5.74) is 0. The SMILES string of the molecule is O=C(OCC(=O)N1CCCCC1)c1cc2sc3ccccc3c2s1. The molecule has 1 saturated heterocycles. The number of rotatable bonds is 3. The van der Waals surface area contributed by atoms with Gasteiger partial charge in [0, 0.05) is 27.9 Å². The summed E-state index contributed by atoms with van der Waals surface area (Å²) in [5.74, 6) is -0.496.